The van der Waals surface area contributed by atoms with E-state index >= 15 is 0 Å². The van der Waals surface area contributed by atoms with Crippen molar-refractivity contribution in [1.82, 2.24) is 10.2 Å². The van der Waals surface area contributed by atoms with Gasteiger partial charge in [0.1, 0.15) is 0 Å². The minimum Gasteiger partial charge on any atom is -0.311 e. The van der Waals surface area contributed by atoms with E-state index in [1.165, 1.54) is 58.2 Å². The summed E-state index contributed by atoms with van der Waals surface area (Å²) in [5.74, 6) is 0. The predicted molar refractivity (Wildman–Crippen MR) is 69.7 cm³/mol. The second kappa shape index (κ2) is 6.41. The molecule has 1 aliphatic heterocycles. The molecule has 16 heavy (non-hydrogen) atoms. The lowest BCUT2D eigenvalue weighted by Gasteiger charge is -2.26. The Morgan fingerprint density at radius 2 is 2.06 bits per heavy atom. The summed E-state index contributed by atoms with van der Waals surface area (Å²) in [5, 5.41) is 3.86. The van der Waals surface area contributed by atoms with Gasteiger partial charge in [0.15, 0.2) is 0 Å². The maximum atomic E-state index is 3.86. The highest BCUT2D eigenvalue weighted by atomic mass is 15.1. The number of nitrogens with zero attached hydrogens (tertiary/aromatic N) is 1. The molecule has 1 fully saturated rings. The van der Waals surface area contributed by atoms with Crippen molar-refractivity contribution in [2.24, 2.45) is 0 Å². The summed E-state index contributed by atoms with van der Waals surface area (Å²) in [4.78, 5) is 2.59. The van der Waals surface area contributed by atoms with Gasteiger partial charge in [-0.1, -0.05) is 19.1 Å². The third kappa shape index (κ3) is 3.60. The number of hydrogen-bond donors (Lipinski definition) is 1. The Balaban J connectivity index is 1.74. The molecular formula is C14H26N2. The van der Waals surface area contributed by atoms with E-state index in [0.717, 1.165) is 12.1 Å². The van der Waals surface area contributed by atoms with Crippen LogP contribution in [-0.2, 0) is 0 Å². The monoisotopic (exact) mass is 222 g/mol. The van der Waals surface area contributed by atoms with Crippen LogP contribution in [0.4, 0.5) is 0 Å². The highest BCUT2D eigenvalue weighted by molar-refractivity contribution is 4.94. The molecule has 2 rings (SSSR count). The van der Waals surface area contributed by atoms with Crippen molar-refractivity contribution in [3.8, 4) is 0 Å². The van der Waals surface area contributed by atoms with Crippen LogP contribution in [0, 0.1) is 0 Å². The molecule has 0 amide bonds. The van der Waals surface area contributed by atoms with Gasteiger partial charge in [-0.15, -0.1) is 0 Å². The molecular weight excluding hydrogens is 196 g/mol. The highest BCUT2D eigenvalue weighted by Gasteiger charge is 2.19. The maximum absolute atomic E-state index is 3.86. The van der Waals surface area contributed by atoms with Gasteiger partial charge in [-0.3, -0.25) is 0 Å². The van der Waals surface area contributed by atoms with Crippen molar-refractivity contribution in [1.29, 1.82) is 0 Å². The van der Waals surface area contributed by atoms with Gasteiger partial charge < -0.3 is 10.2 Å². The number of nitrogens with one attached hydrogen (secondary N) is 1. The molecule has 2 atom stereocenters. The van der Waals surface area contributed by atoms with Crippen LogP contribution in [0.2, 0.25) is 0 Å². The quantitative estimate of drug-likeness (QED) is 0.738. The predicted octanol–water partition coefficient (Wildman–Crippen LogP) is 2.56. The minimum absolute atomic E-state index is 0.753. The lowest BCUT2D eigenvalue weighted by molar-refractivity contribution is 0.294. The van der Waals surface area contributed by atoms with Crippen molar-refractivity contribution in [3.05, 3.63) is 12.2 Å². The SMILES string of the molecule is CCN1CCCC(NC2CC=CCC2)CC1. The standard InChI is InChI=1S/C14H26N2/c1-2-16-11-6-9-14(10-12-16)15-13-7-4-3-5-8-13/h3-4,13-15H,2,5-12H2,1H3. The molecule has 0 spiro atoms. The molecule has 1 N–H and O–H groups in total. The summed E-state index contributed by atoms with van der Waals surface area (Å²) in [6.45, 7) is 6.09. The normalized spacial score (nSPS) is 32.6. The molecule has 2 aliphatic rings. The van der Waals surface area contributed by atoms with Gasteiger partial charge >= 0.3 is 0 Å². The van der Waals surface area contributed by atoms with Crippen LogP contribution in [0.3, 0.4) is 0 Å². The zero-order valence-electron chi connectivity index (χ0n) is 10.6. The Labute approximate surface area is 100 Å². The topological polar surface area (TPSA) is 15.3 Å². The molecule has 1 saturated heterocycles. The van der Waals surface area contributed by atoms with Gasteiger partial charge in [0, 0.05) is 12.1 Å². The summed E-state index contributed by atoms with van der Waals surface area (Å²) in [7, 11) is 0. The van der Waals surface area contributed by atoms with Crippen molar-refractivity contribution in [3.63, 3.8) is 0 Å². The fraction of sp³-hybridized carbons (Fsp3) is 0.857. The van der Waals surface area contributed by atoms with Crippen LogP contribution >= 0.6 is 0 Å². The summed E-state index contributed by atoms with van der Waals surface area (Å²) in [5.41, 5.74) is 0. The number of allylic oxidation sites excluding steroid dienone is 1. The van der Waals surface area contributed by atoms with Gasteiger partial charge in [-0.25, -0.2) is 0 Å². The second-order valence-corrected chi connectivity index (χ2v) is 5.21. The molecule has 2 unspecified atom stereocenters. The Morgan fingerprint density at radius 1 is 1.12 bits per heavy atom. The molecule has 0 aromatic heterocycles. The van der Waals surface area contributed by atoms with Crippen molar-refractivity contribution >= 4 is 0 Å². The molecule has 0 aromatic rings. The Bertz CT molecular complexity index is 225. The highest BCUT2D eigenvalue weighted by Crippen LogP contribution is 2.16. The number of likely N-dealkylation sites (tertiary alicyclic amines) is 1. The first kappa shape index (κ1) is 12.1. The van der Waals surface area contributed by atoms with Crippen LogP contribution in [-0.4, -0.2) is 36.6 Å². The summed E-state index contributed by atoms with van der Waals surface area (Å²) >= 11 is 0. The van der Waals surface area contributed by atoms with Crippen LogP contribution in [0.15, 0.2) is 12.2 Å². The van der Waals surface area contributed by atoms with E-state index in [4.69, 9.17) is 0 Å². The molecule has 2 heteroatoms. The largest absolute Gasteiger partial charge is 0.311 e. The Morgan fingerprint density at radius 3 is 2.81 bits per heavy atom. The lowest BCUT2D eigenvalue weighted by atomic mass is 9.99. The zero-order chi connectivity index (χ0) is 11.2. The van der Waals surface area contributed by atoms with Gasteiger partial charge in [-0.2, -0.15) is 0 Å². The third-order valence-electron chi connectivity index (χ3n) is 4.01. The minimum atomic E-state index is 0.753. The first-order valence-corrected chi connectivity index (χ1v) is 7.02. The number of rotatable bonds is 3. The molecule has 2 nitrogen and oxygen atoms in total. The molecule has 1 heterocycles. The first-order valence-electron chi connectivity index (χ1n) is 7.02. The van der Waals surface area contributed by atoms with Gasteiger partial charge in [0.05, 0.1) is 0 Å². The van der Waals surface area contributed by atoms with Crippen LogP contribution < -0.4 is 5.32 Å². The molecule has 0 radical (unpaired) electrons. The molecule has 1 aliphatic carbocycles. The van der Waals surface area contributed by atoms with E-state index in [1.807, 2.05) is 0 Å². The van der Waals surface area contributed by atoms with E-state index < -0.39 is 0 Å². The Kier molecular flexibility index (Phi) is 4.86. The maximum Gasteiger partial charge on any atom is 0.0107 e. The number of hydrogen-bond acceptors (Lipinski definition) is 2. The van der Waals surface area contributed by atoms with Crippen LogP contribution in [0.1, 0.15) is 45.4 Å². The lowest BCUT2D eigenvalue weighted by Crippen LogP contribution is -2.39. The van der Waals surface area contributed by atoms with Crippen LogP contribution in [0.25, 0.3) is 0 Å². The van der Waals surface area contributed by atoms with Crippen molar-refractivity contribution < 1.29 is 0 Å². The van der Waals surface area contributed by atoms with Gasteiger partial charge in [0.2, 0.25) is 0 Å². The molecule has 0 saturated carbocycles. The summed E-state index contributed by atoms with van der Waals surface area (Å²) in [6, 6.07) is 1.52. The zero-order valence-corrected chi connectivity index (χ0v) is 10.6. The van der Waals surface area contributed by atoms with E-state index in [9.17, 15) is 0 Å². The van der Waals surface area contributed by atoms with E-state index in [0.29, 0.717) is 0 Å². The van der Waals surface area contributed by atoms with Crippen molar-refractivity contribution in [2.45, 2.75) is 57.5 Å². The fourth-order valence-electron chi connectivity index (χ4n) is 2.92. The average molecular weight is 222 g/mol. The van der Waals surface area contributed by atoms with Crippen LogP contribution in [0.5, 0.6) is 0 Å². The smallest absolute Gasteiger partial charge is 0.0107 e. The second-order valence-electron chi connectivity index (χ2n) is 5.21. The average Bonchev–Trinajstić information content (AvgIpc) is 2.56. The molecule has 92 valence electrons. The molecule has 0 aromatic carbocycles. The van der Waals surface area contributed by atoms with E-state index in [-0.39, 0.29) is 0 Å². The fourth-order valence-corrected chi connectivity index (χ4v) is 2.92. The first-order chi connectivity index (χ1) is 7.88. The van der Waals surface area contributed by atoms with Gasteiger partial charge in [0.25, 0.3) is 0 Å². The van der Waals surface area contributed by atoms with Crippen molar-refractivity contribution in [2.75, 3.05) is 19.6 Å². The summed E-state index contributed by atoms with van der Waals surface area (Å²) in [6.07, 6.45) is 12.6. The van der Waals surface area contributed by atoms with E-state index in [1.54, 1.807) is 0 Å². The van der Waals surface area contributed by atoms with Gasteiger partial charge in [-0.05, 0) is 58.2 Å². The molecule has 0 bridgehead atoms. The Hall–Kier alpha value is -0.340. The summed E-state index contributed by atoms with van der Waals surface area (Å²) < 4.78 is 0. The third-order valence-corrected chi connectivity index (χ3v) is 4.01. The van der Waals surface area contributed by atoms with E-state index in [2.05, 4.69) is 29.3 Å².